The highest BCUT2D eigenvalue weighted by Gasteiger charge is 2.11. The molecule has 0 fully saturated rings. The van der Waals surface area contributed by atoms with Crippen molar-refractivity contribution in [3.05, 3.63) is 0 Å². The Balaban J connectivity index is 3.70. The molecule has 16 heavy (non-hydrogen) atoms. The highest BCUT2D eigenvalue weighted by atomic mass is 16.3. The Kier molecular flexibility index (Phi) is 11.3. The molecular formula is C13H30N2O. The van der Waals surface area contributed by atoms with E-state index in [1.807, 2.05) is 0 Å². The van der Waals surface area contributed by atoms with Gasteiger partial charge in [-0.3, -0.25) is 0 Å². The van der Waals surface area contributed by atoms with Gasteiger partial charge in [-0.25, -0.2) is 0 Å². The molecule has 0 aromatic carbocycles. The lowest BCUT2D eigenvalue weighted by Crippen LogP contribution is -2.42. The average Bonchev–Trinajstić information content (AvgIpc) is 2.31. The summed E-state index contributed by atoms with van der Waals surface area (Å²) in [4.78, 5) is 0. The van der Waals surface area contributed by atoms with Crippen molar-refractivity contribution in [2.24, 2.45) is 5.73 Å². The van der Waals surface area contributed by atoms with Crippen molar-refractivity contribution in [3.8, 4) is 0 Å². The van der Waals surface area contributed by atoms with E-state index in [-0.39, 0.29) is 6.61 Å². The van der Waals surface area contributed by atoms with Gasteiger partial charge in [0.25, 0.3) is 0 Å². The molecule has 0 rings (SSSR count). The zero-order chi connectivity index (χ0) is 12.2. The molecule has 4 N–H and O–H groups in total. The summed E-state index contributed by atoms with van der Waals surface area (Å²) in [5.41, 5.74) is 5.76. The first-order valence-electron chi connectivity index (χ1n) is 6.85. The molecule has 0 aliphatic carbocycles. The average molecular weight is 230 g/mol. The predicted octanol–water partition coefficient (Wildman–Crippen LogP) is 2.03. The Hall–Kier alpha value is -0.120. The molecule has 0 amide bonds. The molecule has 0 saturated carbocycles. The number of rotatable bonds is 11. The molecular weight excluding hydrogens is 200 g/mol. The van der Waals surface area contributed by atoms with Crippen molar-refractivity contribution >= 4 is 0 Å². The maximum atomic E-state index is 8.93. The van der Waals surface area contributed by atoms with Crippen LogP contribution in [0, 0.1) is 0 Å². The highest BCUT2D eigenvalue weighted by Crippen LogP contribution is 2.07. The van der Waals surface area contributed by atoms with Gasteiger partial charge in [0.15, 0.2) is 0 Å². The summed E-state index contributed by atoms with van der Waals surface area (Å²) >= 11 is 0. The van der Waals surface area contributed by atoms with Gasteiger partial charge >= 0.3 is 0 Å². The molecule has 0 heterocycles. The Morgan fingerprint density at radius 1 is 1.06 bits per heavy atom. The molecule has 0 radical (unpaired) electrons. The normalized spacial score (nSPS) is 15.0. The molecule has 0 bridgehead atoms. The van der Waals surface area contributed by atoms with Gasteiger partial charge in [0.1, 0.15) is 0 Å². The van der Waals surface area contributed by atoms with Crippen molar-refractivity contribution in [3.63, 3.8) is 0 Å². The third kappa shape index (κ3) is 8.08. The van der Waals surface area contributed by atoms with Crippen LogP contribution in [-0.2, 0) is 0 Å². The predicted molar refractivity (Wildman–Crippen MR) is 70.5 cm³/mol. The fourth-order valence-corrected chi connectivity index (χ4v) is 1.98. The zero-order valence-corrected chi connectivity index (χ0v) is 11.0. The van der Waals surface area contributed by atoms with Crippen LogP contribution < -0.4 is 11.1 Å². The van der Waals surface area contributed by atoms with Crippen LogP contribution in [0.4, 0.5) is 0 Å². The van der Waals surface area contributed by atoms with E-state index in [2.05, 4.69) is 19.2 Å². The van der Waals surface area contributed by atoms with Gasteiger partial charge in [-0.05, 0) is 19.3 Å². The molecule has 0 saturated heterocycles. The number of unbranched alkanes of at least 4 members (excludes halogenated alkanes) is 3. The number of nitrogens with two attached hydrogens (primary N) is 1. The minimum absolute atomic E-state index is 0.263. The quantitative estimate of drug-likeness (QED) is 0.476. The molecule has 0 aromatic heterocycles. The third-order valence-electron chi connectivity index (χ3n) is 3.13. The number of aliphatic hydroxyl groups is 1. The smallest absolute Gasteiger partial charge is 0.0445 e. The van der Waals surface area contributed by atoms with Gasteiger partial charge < -0.3 is 16.2 Å². The van der Waals surface area contributed by atoms with Crippen LogP contribution in [0.1, 0.15) is 58.8 Å². The summed E-state index contributed by atoms with van der Waals surface area (Å²) in [6.45, 7) is 5.34. The van der Waals surface area contributed by atoms with Crippen molar-refractivity contribution in [1.29, 1.82) is 0 Å². The van der Waals surface area contributed by atoms with E-state index in [1.54, 1.807) is 0 Å². The summed E-state index contributed by atoms with van der Waals surface area (Å²) < 4.78 is 0. The van der Waals surface area contributed by atoms with Crippen LogP contribution in [0.25, 0.3) is 0 Å². The number of hydrogen-bond donors (Lipinski definition) is 3. The molecule has 0 aliphatic rings. The van der Waals surface area contributed by atoms with Gasteiger partial charge in [-0.1, -0.05) is 39.5 Å². The zero-order valence-electron chi connectivity index (χ0n) is 11.0. The molecule has 98 valence electrons. The molecule has 2 unspecified atom stereocenters. The van der Waals surface area contributed by atoms with Crippen molar-refractivity contribution < 1.29 is 5.11 Å². The SMILES string of the molecule is CCCCCCC(CN)NC(CC)CCO. The van der Waals surface area contributed by atoms with E-state index in [0.29, 0.717) is 18.6 Å². The molecule has 3 heteroatoms. The first kappa shape index (κ1) is 15.9. The lowest BCUT2D eigenvalue weighted by Gasteiger charge is -2.23. The second-order valence-electron chi connectivity index (χ2n) is 4.57. The lowest BCUT2D eigenvalue weighted by molar-refractivity contribution is 0.253. The largest absolute Gasteiger partial charge is 0.396 e. The summed E-state index contributed by atoms with van der Waals surface area (Å²) in [6.07, 6.45) is 8.24. The van der Waals surface area contributed by atoms with E-state index in [1.165, 1.54) is 32.1 Å². The molecule has 3 nitrogen and oxygen atoms in total. The molecule has 0 spiro atoms. The van der Waals surface area contributed by atoms with Crippen LogP contribution >= 0.6 is 0 Å². The van der Waals surface area contributed by atoms with E-state index in [4.69, 9.17) is 10.8 Å². The van der Waals surface area contributed by atoms with Gasteiger partial charge in [0.05, 0.1) is 0 Å². The van der Waals surface area contributed by atoms with Crippen molar-refractivity contribution in [2.45, 2.75) is 70.9 Å². The van der Waals surface area contributed by atoms with Crippen LogP contribution in [0.2, 0.25) is 0 Å². The standard InChI is InChI=1S/C13H30N2O/c1-3-5-6-7-8-13(11-14)15-12(4-2)9-10-16/h12-13,15-16H,3-11,14H2,1-2H3. The van der Waals surface area contributed by atoms with E-state index < -0.39 is 0 Å². The van der Waals surface area contributed by atoms with Gasteiger partial charge in [0, 0.05) is 25.2 Å². The second-order valence-corrected chi connectivity index (χ2v) is 4.57. The summed E-state index contributed by atoms with van der Waals surface area (Å²) in [7, 11) is 0. The maximum absolute atomic E-state index is 8.93. The van der Waals surface area contributed by atoms with Crippen LogP contribution in [0.5, 0.6) is 0 Å². The van der Waals surface area contributed by atoms with Crippen LogP contribution in [-0.4, -0.2) is 30.3 Å². The summed E-state index contributed by atoms with van der Waals surface area (Å²) in [5.74, 6) is 0. The van der Waals surface area contributed by atoms with Gasteiger partial charge in [-0.15, -0.1) is 0 Å². The number of hydrogen-bond acceptors (Lipinski definition) is 3. The summed E-state index contributed by atoms with van der Waals surface area (Å²) in [5, 5.41) is 12.5. The highest BCUT2D eigenvalue weighted by molar-refractivity contribution is 4.74. The van der Waals surface area contributed by atoms with E-state index in [9.17, 15) is 0 Å². The Labute approximate surface area is 101 Å². The minimum atomic E-state index is 0.263. The fraction of sp³-hybridized carbons (Fsp3) is 1.00. The second kappa shape index (κ2) is 11.4. The molecule has 0 aromatic rings. The molecule has 2 atom stereocenters. The lowest BCUT2D eigenvalue weighted by atomic mass is 10.0. The third-order valence-corrected chi connectivity index (χ3v) is 3.13. The van der Waals surface area contributed by atoms with E-state index in [0.717, 1.165) is 12.8 Å². The first-order chi connectivity index (χ1) is 7.78. The Morgan fingerprint density at radius 2 is 1.81 bits per heavy atom. The fourth-order valence-electron chi connectivity index (χ4n) is 1.98. The van der Waals surface area contributed by atoms with E-state index >= 15 is 0 Å². The van der Waals surface area contributed by atoms with Gasteiger partial charge in [-0.2, -0.15) is 0 Å². The van der Waals surface area contributed by atoms with Gasteiger partial charge in [0.2, 0.25) is 0 Å². The number of aliphatic hydroxyl groups excluding tert-OH is 1. The van der Waals surface area contributed by atoms with Crippen LogP contribution in [0.3, 0.4) is 0 Å². The monoisotopic (exact) mass is 230 g/mol. The van der Waals surface area contributed by atoms with Crippen LogP contribution in [0.15, 0.2) is 0 Å². The summed E-state index contributed by atoms with van der Waals surface area (Å²) in [6, 6.07) is 0.845. The Morgan fingerprint density at radius 3 is 2.31 bits per heavy atom. The Bertz CT molecular complexity index is 142. The van der Waals surface area contributed by atoms with Crippen molar-refractivity contribution in [1.82, 2.24) is 5.32 Å². The van der Waals surface area contributed by atoms with Crippen molar-refractivity contribution in [2.75, 3.05) is 13.2 Å². The number of nitrogens with one attached hydrogen (secondary N) is 1. The molecule has 0 aliphatic heterocycles. The minimum Gasteiger partial charge on any atom is -0.396 e. The first-order valence-corrected chi connectivity index (χ1v) is 6.85. The maximum Gasteiger partial charge on any atom is 0.0445 e. The topological polar surface area (TPSA) is 58.3 Å².